The number of rotatable bonds is 9. The Morgan fingerprint density at radius 3 is 2.57 bits per heavy atom. The van der Waals surface area contributed by atoms with Gasteiger partial charge >= 0.3 is 0 Å². The smallest absolute Gasteiger partial charge is 0.251 e. The first-order chi connectivity index (χ1) is 17.0. The summed E-state index contributed by atoms with van der Waals surface area (Å²) in [7, 11) is 0. The first-order valence-electron chi connectivity index (χ1n) is 12.0. The van der Waals surface area contributed by atoms with Crippen LogP contribution in [0, 0.1) is 0 Å². The van der Waals surface area contributed by atoms with E-state index in [4.69, 9.17) is 4.74 Å². The molecule has 2 aromatic carbocycles. The highest BCUT2D eigenvalue weighted by Crippen LogP contribution is 2.17. The SMILES string of the molecule is CC1CN(Cc2ccccc2CNC(=O)c2cccc(NC(=O)CCn3ccnc3)c2)CC(C)O1. The molecule has 0 saturated carbocycles. The van der Waals surface area contributed by atoms with Crippen molar-refractivity contribution in [3.05, 3.63) is 83.9 Å². The molecule has 1 aliphatic heterocycles. The number of imidazole rings is 1. The molecular weight excluding hydrogens is 442 g/mol. The lowest BCUT2D eigenvalue weighted by molar-refractivity contribution is -0.116. The van der Waals surface area contributed by atoms with Gasteiger partial charge in [-0.3, -0.25) is 14.5 Å². The molecule has 2 unspecified atom stereocenters. The van der Waals surface area contributed by atoms with Gasteiger partial charge < -0.3 is 19.9 Å². The minimum atomic E-state index is -0.178. The van der Waals surface area contributed by atoms with E-state index in [2.05, 4.69) is 46.5 Å². The van der Waals surface area contributed by atoms with Gasteiger partial charge in [0.1, 0.15) is 0 Å². The van der Waals surface area contributed by atoms with Gasteiger partial charge in [-0.05, 0) is 43.2 Å². The average Bonchev–Trinajstić information content (AvgIpc) is 3.35. The number of aromatic nitrogens is 2. The third-order valence-corrected chi connectivity index (χ3v) is 6.01. The normalized spacial score (nSPS) is 18.2. The van der Waals surface area contributed by atoms with E-state index in [-0.39, 0.29) is 24.0 Å². The van der Waals surface area contributed by atoms with Crippen molar-refractivity contribution < 1.29 is 14.3 Å². The average molecular weight is 476 g/mol. The van der Waals surface area contributed by atoms with E-state index < -0.39 is 0 Å². The maximum Gasteiger partial charge on any atom is 0.251 e. The quantitative estimate of drug-likeness (QED) is 0.495. The molecular formula is C27H33N5O3. The minimum Gasteiger partial charge on any atom is -0.373 e. The zero-order chi connectivity index (χ0) is 24.6. The first kappa shape index (κ1) is 24.6. The third-order valence-electron chi connectivity index (χ3n) is 6.01. The van der Waals surface area contributed by atoms with Crippen LogP contribution in [0.2, 0.25) is 0 Å². The second kappa shape index (κ2) is 11.8. The second-order valence-corrected chi connectivity index (χ2v) is 9.08. The second-order valence-electron chi connectivity index (χ2n) is 9.08. The summed E-state index contributed by atoms with van der Waals surface area (Å²) in [6.07, 6.45) is 5.93. The molecule has 8 heteroatoms. The monoisotopic (exact) mass is 475 g/mol. The molecule has 4 rings (SSSR count). The summed E-state index contributed by atoms with van der Waals surface area (Å²) in [5.74, 6) is -0.292. The van der Waals surface area contributed by atoms with Gasteiger partial charge in [-0.25, -0.2) is 4.98 Å². The number of benzene rings is 2. The van der Waals surface area contributed by atoms with E-state index in [0.717, 1.165) is 25.2 Å². The molecule has 1 saturated heterocycles. The number of carbonyl (C=O) groups excluding carboxylic acids is 2. The number of morpholine rings is 1. The van der Waals surface area contributed by atoms with Crippen LogP contribution in [-0.2, 0) is 29.2 Å². The van der Waals surface area contributed by atoms with Crippen molar-refractivity contribution in [3.63, 3.8) is 0 Å². The summed E-state index contributed by atoms with van der Waals surface area (Å²) in [5, 5.41) is 5.90. The minimum absolute atomic E-state index is 0.114. The molecule has 1 aliphatic rings. The molecule has 1 fully saturated rings. The van der Waals surface area contributed by atoms with Crippen molar-refractivity contribution in [2.75, 3.05) is 18.4 Å². The molecule has 2 heterocycles. The lowest BCUT2D eigenvalue weighted by Crippen LogP contribution is -2.45. The summed E-state index contributed by atoms with van der Waals surface area (Å²) in [6.45, 7) is 7.80. The van der Waals surface area contributed by atoms with Gasteiger partial charge in [-0.1, -0.05) is 30.3 Å². The van der Waals surface area contributed by atoms with Crippen LogP contribution in [0.15, 0.2) is 67.3 Å². The summed E-state index contributed by atoms with van der Waals surface area (Å²) in [5.41, 5.74) is 3.40. The highest BCUT2D eigenvalue weighted by atomic mass is 16.5. The molecule has 0 bridgehead atoms. The van der Waals surface area contributed by atoms with Crippen LogP contribution in [0.1, 0.15) is 41.8 Å². The number of nitrogens with one attached hydrogen (secondary N) is 2. The molecule has 2 amide bonds. The Hall–Kier alpha value is -3.49. The van der Waals surface area contributed by atoms with Gasteiger partial charge in [-0.15, -0.1) is 0 Å². The number of amides is 2. The van der Waals surface area contributed by atoms with E-state index in [1.54, 1.807) is 36.8 Å². The van der Waals surface area contributed by atoms with Crippen molar-refractivity contribution in [2.24, 2.45) is 0 Å². The number of aryl methyl sites for hydroxylation is 1. The van der Waals surface area contributed by atoms with E-state index in [1.807, 2.05) is 22.9 Å². The Morgan fingerprint density at radius 1 is 1.06 bits per heavy atom. The van der Waals surface area contributed by atoms with Crippen molar-refractivity contribution in [3.8, 4) is 0 Å². The zero-order valence-electron chi connectivity index (χ0n) is 20.3. The van der Waals surface area contributed by atoms with Crippen LogP contribution < -0.4 is 10.6 Å². The molecule has 3 aromatic rings. The van der Waals surface area contributed by atoms with Crippen molar-refractivity contribution in [1.29, 1.82) is 0 Å². The third kappa shape index (κ3) is 7.24. The number of anilines is 1. The Morgan fingerprint density at radius 2 is 1.83 bits per heavy atom. The molecule has 1 aromatic heterocycles. The number of ether oxygens (including phenoxy) is 1. The Labute approximate surface area is 206 Å². The lowest BCUT2D eigenvalue weighted by Gasteiger charge is -2.35. The van der Waals surface area contributed by atoms with Gasteiger partial charge in [0.05, 0.1) is 18.5 Å². The summed E-state index contributed by atoms with van der Waals surface area (Å²) < 4.78 is 7.70. The van der Waals surface area contributed by atoms with Crippen molar-refractivity contribution >= 4 is 17.5 Å². The zero-order valence-corrected chi connectivity index (χ0v) is 20.3. The molecule has 2 N–H and O–H groups in total. The fourth-order valence-corrected chi connectivity index (χ4v) is 4.43. The molecule has 8 nitrogen and oxygen atoms in total. The lowest BCUT2D eigenvalue weighted by atomic mass is 10.1. The van der Waals surface area contributed by atoms with Gasteiger partial charge in [0.15, 0.2) is 0 Å². The number of hydrogen-bond acceptors (Lipinski definition) is 5. The molecule has 0 aliphatic carbocycles. The highest BCUT2D eigenvalue weighted by Gasteiger charge is 2.22. The van der Waals surface area contributed by atoms with Gasteiger partial charge in [-0.2, -0.15) is 0 Å². The number of nitrogens with zero attached hydrogens (tertiary/aromatic N) is 3. The first-order valence-corrected chi connectivity index (χ1v) is 12.0. The fraction of sp³-hybridized carbons (Fsp3) is 0.370. The van der Waals surface area contributed by atoms with Crippen LogP contribution in [0.4, 0.5) is 5.69 Å². The van der Waals surface area contributed by atoms with Crippen LogP contribution >= 0.6 is 0 Å². The Balaban J connectivity index is 1.32. The van der Waals surface area contributed by atoms with Crippen molar-refractivity contribution in [1.82, 2.24) is 19.8 Å². The number of hydrogen-bond donors (Lipinski definition) is 2. The maximum atomic E-state index is 12.9. The predicted octanol–water partition coefficient (Wildman–Crippen LogP) is 3.45. The van der Waals surface area contributed by atoms with Crippen LogP contribution in [-0.4, -0.2) is 51.6 Å². The molecule has 35 heavy (non-hydrogen) atoms. The van der Waals surface area contributed by atoms with E-state index in [1.165, 1.54) is 5.56 Å². The van der Waals surface area contributed by atoms with Gasteiger partial charge in [0.25, 0.3) is 5.91 Å². The molecule has 0 spiro atoms. The van der Waals surface area contributed by atoms with Gasteiger partial charge in [0.2, 0.25) is 5.91 Å². The summed E-state index contributed by atoms with van der Waals surface area (Å²) in [4.78, 5) is 31.5. The van der Waals surface area contributed by atoms with Crippen LogP contribution in [0.25, 0.3) is 0 Å². The highest BCUT2D eigenvalue weighted by molar-refractivity contribution is 5.97. The predicted molar refractivity (Wildman–Crippen MR) is 135 cm³/mol. The van der Waals surface area contributed by atoms with Gasteiger partial charge in [0, 0.05) is 62.8 Å². The number of carbonyl (C=O) groups is 2. The largest absolute Gasteiger partial charge is 0.373 e. The van der Waals surface area contributed by atoms with Crippen LogP contribution in [0.3, 0.4) is 0 Å². The topological polar surface area (TPSA) is 88.5 Å². The fourth-order valence-electron chi connectivity index (χ4n) is 4.43. The van der Waals surface area contributed by atoms with E-state index in [0.29, 0.717) is 30.8 Å². The Bertz CT molecular complexity index is 1120. The Kier molecular flexibility index (Phi) is 8.28. The molecule has 184 valence electrons. The maximum absolute atomic E-state index is 12.9. The van der Waals surface area contributed by atoms with Crippen molar-refractivity contribution in [2.45, 2.75) is 52.1 Å². The standard InChI is InChI=1S/C27H33N5O3/c1-20-16-32(17-21(2)35-20)18-24-7-4-3-6-23(24)15-29-27(34)22-8-5-9-25(14-22)30-26(33)10-12-31-13-11-28-19-31/h3-9,11,13-14,19-21H,10,12,15-18H2,1-2H3,(H,29,34)(H,30,33). The summed E-state index contributed by atoms with van der Waals surface area (Å²) >= 11 is 0. The van der Waals surface area contributed by atoms with E-state index in [9.17, 15) is 9.59 Å². The van der Waals surface area contributed by atoms with E-state index >= 15 is 0 Å². The molecule has 0 radical (unpaired) electrons. The van der Waals surface area contributed by atoms with Crippen LogP contribution in [0.5, 0.6) is 0 Å². The molecule has 2 atom stereocenters. The summed E-state index contributed by atoms with van der Waals surface area (Å²) in [6, 6.07) is 15.2.